The van der Waals surface area contributed by atoms with Crippen LogP contribution >= 0.6 is 11.3 Å². The van der Waals surface area contributed by atoms with E-state index in [0.29, 0.717) is 17.1 Å². The van der Waals surface area contributed by atoms with Crippen LogP contribution in [0.15, 0.2) is 24.3 Å². The summed E-state index contributed by atoms with van der Waals surface area (Å²) in [4.78, 5) is 15.6. The molecule has 1 aromatic carbocycles. The number of carbonyl (C=O) groups excluding carboxylic acids is 1. The second-order valence-electron chi connectivity index (χ2n) is 3.73. The van der Waals surface area contributed by atoms with Gasteiger partial charge in [0.05, 0.1) is 4.88 Å². The molecule has 0 aliphatic carbocycles. The number of Topliss-reactive ketones (excluding diaryl/α,β-unsaturated/α-hetero) is 1. The molecule has 0 fully saturated rings. The van der Waals surface area contributed by atoms with Crippen molar-refractivity contribution in [1.29, 1.82) is 0 Å². The van der Waals surface area contributed by atoms with E-state index in [1.54, 1.807) is 12.1 Å². The summed E-state index contributed by atoms with van der Waals surface area (Å²) in [5, 5.41) is 9.86. The van der Waals surface area contributed by atoms with E-state index >= 15 is 0 Å². The fourth-order valence-corrected chi connectivity index (χ4v) is 2.28. The largest absolute Gasteiger partial charge is 0.492 e. The third-order valence-electron chi connectivity index (χ3n) is 2.42. The monoisotopic (exact) mass is 248 g/mol. The van der Waals surface area contributed by atoms with Crippen LogP contribution in [-0.4, -0.2) is 15.9 Å². The van der Waals surface area contributed by atoms with Crippen molar-refractivity contribution in [2.45, 2.75) is 13.3 Å². The van der Waals surface area contributed by atoms with Crippen LogP contribution in [0, 0.1) is 0 Å². The van der Waals surface area contributed by atoms with Crippen molar-refractivity contribution in [3.63, 3.8) is 0 Å². The molecule has 5 heteroatoms. The fourth-order valence-electron chi connectivity index (χ4n) is 1.52. The molecule has 0 spiro atoms. The van der Waals surface area contributed by atoms with Crippen LogP contribution in [0.4, 0.5) is 5.13 Å². The van der Waals surface area contributed by atoms with Gasteiger partial charge in [-0.25, -0.2) is 0 Å². The number of anilines is 1. The molecule has 2 aromatic rings. The maximum Gasteiger partial charge on any atom is 0.227 e. The van der Waals surface area contributed by atoms with Gasteiger partial charge in [0.2, 0.25) is 5.88 Å². The number of hydrogen-bond donors (Lipinski definition) is 2. The molecule has 0 amide bonds. The average Bonchev–Trinajstić information content (AvgIpc) is 2.58. The standard InChI is InChI=1S/C12H12N2O2S/c1-7(15)9-4-2-8(3-5-9)6-10-11(16)14-12(13)17-10/h2-5,16H,6H2,1H3,(H2,13,14). The number of nitrogens with zero attached hydrogens (tertiary/aromatic N) is 1. The Labute approximate surface area is 103 Å². The van der Waals surface area contributed by atoms with Gasteiger partial charge in [-0.2, -0.15) is 4.98 Å². The van der Waals surface area contributed by atoms with E-state index in [2.05, 4.69) is 4.98 Å². The summed E-state index contributed by atoms with van der Waals surface area (Å²) in [5.41, 5.74) is 7.19. The van der Waals surface area contributed by atoms with Crippen molar-refractivity contribution < 1.29 is 9.90 Å². The lowest BCUT2D eigenvalue weighted by Crippen LogP contribution is -1.92. The van der Waals surface area contributed by atoms with Crippen LogP contribution in [-0.2, 0) is 6.42 Å². The number of ketones is 1. The van der Waals surface area contributed by atoms with Crippen LogP contribution in [0.3, 0.4) is 0 Å². The maximum atomic E-state index is 11.1. The Bertz CT molecular complexity index is 546. The van der Waals surface area contributed by atoms with Crippen molar-refractivity contribution >= 4 is 22.3 Å². The van der Waals surface area contributed by atoms with Gasteiger partial charge in [-0.1, -0.05) is 35.6 Å². The molecule has 0 aliphatic rings. The van der Waals surface area contributed by atoms with E-state index < -0.39 is 0 Å². The molecule has 2 rings (SSSR count). The Morgan fingerprint density at radius 2 is 2.06 bits per heavy atom. The molecule has 0 bridgehead atoms. The molecular weight excluding hydrogens is 236 g/mol. The number of nitrogens with two attached hydrogens (primary N) is 1. The number of aromatic hydroxyl groups is 1. The molecule has 0 saturated carbocycles. The number of nitrogen functional groups attached to an aromatic ring is 1. The molecule has 88 valence electrons. The highest BCUT2D eigenvalue weighted by atomic mass is 32.1. The molecule has 0 atom stereocenters. The fraction of sp³-hybridized carbons (Fsp3) is 0.167. The minimum absolute atomic E-state index is 0.0110. The van der Waals surface area contributed by atoms with E-state index in [1.165, 1.54) is 18.3 Å². The van der Waals surface area contributed by atoms with Gasteiger partial charge in [-0.05, 0) is 12.5 Å². The van der Waals surface area contributed by atoms with Gasteiger partial charge in [0, 0.05) is 12.0 Å². The summed E-state index contributed by atoms with van der Waals surface area (Å²) < 4.78 is 0. The number of thiazole rings is 1. The minimum Gasteiger partial charge on any atom is -0.492 e. The number of aromatic nitrogens is 1. The minimum atomic E-state index is -0.0110. The number of rotatable bonds is 3. The Hall–Kier alpha value is -1.88. The Morgan fingerprint density at radius 3 is 2.53 bits per heavy atom. The topological polar surface area (TPSA) is 76.2 Å². The molecule has 17 heavy (non-hydrogen) atoms. The lowest BCUT2D eigenvalue weighted by molar-refractivity contribution is 0.101. The zero-order chi connectivity index (χ0) is 12.4. The van der Waals surface area contributed by atoms with E-state index in [1.807, 2.05) is 12.1 Å². The van der Waals surface area contributed by atoms with Gasteiger partial charge in [-0.3, -0.25) is 4.79 Å². The smallest absolute Gasteiger partial charge is 0.227 e. The van der Waals surface area contributed by atoms with Crippen LogP contribution < -0.4 is 5.73 Å². The second kappa shape index (κ2) is 4.55. The van der Waals surface area contributed by atoms with Gasteiger partial charge in [0.25, 0.3) is 0 Å². The summed E-state index contributed by atoms with van der Waals surface area (Å²) in [5.74, 6) is 0.0320. The molecule has 1 aromatic heterocycles. The molecule has 4 nitrogen and oxygen atoms in total. The highest BCUT2D eigenvalue weighted by Gasteiger charge is 2.09. The zero-order valence-electron chi connectivity index (χ0n) is 9.30. The molecule has 0 saturated heterocycles. The summed E-state index contributed by atoms with van der Waals surface area (Å²) in [6.45, 7) is 1.53. The van der Waals surface area contributed by atoms with Crippen LogP contribution in [0.1, 0.15) is 27.7 Å². The van der Waals surface area contributed by atoms with Crippen LogP contribution in [0.25, 0.3) is 0 Å². The molecule has 3 N–H and O–H groups in total. The number of carbonyl (C=O) groups is 1. The normalized spacial score (nSPS) is 10.4. The first kappa shape index (κ1) is 11.6. The summed E-state index contributed by atoms with van der Waals surface area (Å²) in [7, 11) is 0. The van der Waals surface area contributed by atoms with Gasteiger partial charge in [0.1, 0.15) is 0 Å². The second-order valence-corrected chi connectivity index (χ2v) is 4.84. The Kier molecular flexibility index (Phi) is 3.10. The first-order valence-electron chi connectivity index (χ1n) is 5.10. The first-order chi connectivity index (χ1) is 8.06. The highest BCUT2D eigenvalue weighted by Crippen LogP contribution is 2.28. The Morgan fingerprint density at radius 1 is 1.41 bits per heavy atom. The van der Waals surface area contributed by atoms with Gasteiger partial charge in [-0.15, -0.1) is 0 Å². The summed E-state index contributed by atoms with van der Waals surface area (Å²) in [6, 6.07) is 7.29. The summed E-state index contributed by atoms with van der Waals surface area (Å²) >= 11 is 1.27. The number of benzene rings is 1. The maximum absolute atomic E-state index is 11.1. The van der Waals surface area contributed by atoms with E-state index in [-0.39, 0.29) is 11.7 Å². The third kappa shape index (κ3) is 2.62. The summed E-state index contributed by atoms with van der Waals surface area (Å²) in [6.07, 6.45) is 0.568. The van der Waals surface area contributed by atoms with Crippen molar-refractivity contribution in [2.75, 3.05) is 5.73 Å². The SMILES string of the molecule is CC(=O)c1ccc(Cc2sc(N)nc2O)cc1. The third-order valence-corrected chi connectivity index (χ3v) is 3.29. The van der Waals surface area contributed by atoms with Gasteiger partial charge >= 0.3 is 0 Å². The molecule has 0 radical (unpaired) electrons. The van der Waals surface area contributed by atoms with Gasteiger partial charge in [0.15, 0.2) is 10.9 Å². The first-order valence-corrected chi connectivity index (χ1v) is 5.92. The van der Waals surface area contributed by atoms with Gasteiger partial charge < -0.3 is 10.8 Å². The lowest BCUT2D eigenvalue weighted by Gasteiger charge is -2.00. The van der Waals surface area contributed by atoms with Crippen molar-refractivity contribution in [2.24, 2.45) is 0 Å². The predicted molar refractivity (Wildman–Crippen MR) is 67.4 cm³/mol. The van der Waals surface area contributed by atoms with E-state index in [9.17, 15) is 9.90 Å². The Balaban J connectivity index is 2.19. The van der Waals surface area contributed by atoms with E-state index in [0.717, 1.165) is 10.4 Å². The molecule has 1 heterocycles. The van der Waals surface area contributed by atoms with Crippen LogP contribution in [0.5, 0.6) is 5.88 Å². The quantitative estimate of drug-likeness (QED) is 0.817. The average molecular weight is 248 g/mol. The van der Waals surface area contributed by atoms with Crippen molar-refractivity contribution in [3.8, 4) is 5.88 Å². The van der Waals surface area contributed by atoms with Crippen molar-refractivity contribution in [3.05, 3.63) is 40.3 Å². The van der Waals surface area contributed by atoms with Crippen molar-refractivity contribution in [1.82, 2.24) is 4.98 Å². The predicted octanol–water partition coefficient (Wildman–Crippen LogP) is 2.22. The molecule has 0 aliphatic heterocycles. The molecular formula is C12H12N2O2S. The number of hydrogen-bond acceptors (Lipinski definition) is 5. The zero-order valence-corrected chi connectivity index (χ0v) is 10.1. The lowest BCUT2D eigenvalue weighted by atomic mass is 10.1. The van der Waals surface area contributed by atoms with E-state index in [4.69, 9.17) is 5.73 Å². The van der Waals surface area contributed by atoms with Crippen LogP contribution in [0.2, 0.25) is 0 Å². The molecule has 0 unspecified atom stereocenters. The highest BCUT2D eigenvalue weighted by molar-refractivity contribution is 7.15.